The number of fused-ring (bicyclic) bond motifs is 1. The summed E-state index contributed by atoms with van der Waals surface area (Å²) in [4.78, 5) is 8.67. The predicted molar refractivity (Wildman–Crippen MR) is 86.7 cm³/mol. The number of aryl methyl sites for hydroxylation is 2. The monoisotopic (exact) mass is 276 g/mol. The van der Waals surface area contributed by atoms with Crippen LogP contribution in [0.1, 0.15) is 16.7 Å². The van der Waals surface area contributed by atoms with Crippen LogP contribution >= 0.6 is 0 Å². The molecule has 0 aliphatic rings. The molecule has 0 bridgehead atoms. The zero-order valence-corrected chi connectivity index (χ0v) is 12.0. The molecule has 1 aromatic carbocycles. The van der Waals surface area contributed by atoms with Gasteiger partial charge < -0.3 is 0 Å². The van der Waals surface area contributed by atoms with Gasteiger partial charge in [-0.2, -0.15) is 5.10 Å². The van der Waals surface area contributed by atoms with E-state index in [9.17, 15) is 0 Å². The van der Waals surface area contributed by atoms with Gasteiger partial charge in [0.25, 0.3) is 0 Å². The van der Waals surface area contributed by atoms with Gasteiger partial charge in [-0.3, -0.25) is 10.4 Å². The van der Waals surface area contributed by atoms with E-state index in [0.29, 0.717) is 0 Å². The largest absolute Gasteiger partial charge is 0.264 e. The summed E-state index contributed by atoms with van der Waals surface area (Å²) in [5.41, 5.74) is 7.28. The van der Waals surface area contributed by atoms with Crippen molar-refractivity contribution in [2.24, 2.45) is 5.10 Å². The number of hydrogen-bond acceptors (Lipinski definition) is 4. The highest BCUT2D eigenvalue weighted by molar-refractivity contribution is 5.86. The van der Waals surface area contributed by atoms with Gasteiger partial charge in [-0.25, -0.2) is 4.98 Å². The van der Waals surface area contributed by atoms with Gasteiger partial charge in [0.05, 0.1) is 11.7 Å². The fraction of sp³-hybridized carbons (Fsp3) is 0.118. The maximum Gasteiger partial charge on any atom is 0.147 e. The van der Waals surface area contributed by atoms with E-state index in [4.69, 9.17) is 0 Å². The minimum atomic E-state index is 0.745. The first-order valence-electron chi connectivity index (χ1n) is 6.80. The molecular weight excluding hydrogens is 260 g/mol. The van der Waals surface area contributed by atoms with Crippen LogP contribution in [0.5, 0.6) is 0 Å². The molecule has 0 radical (unpaired) electrons. The average Bonchev–Trinajstić information content (AvgIpc) is 2.50. The number of anilines is 1. The number of aromatic nitrogens is 2. The Bertz CT molecular complexity index is 794. The molecule has 21 heavy (non-hydrogen) atoms. The van der Waals surface area contributed by atoms with Gasteiger partial charge in [-0.05, 0) is 37.1 Å². The Labute approximate surface area is 123 Å². The van der Waals surface area contributed by atoms with E-state index in [1.165, 1.54) is 10.9 Å². The van der Waals surface area contributed by atoms with Crippen LogP contribution in [0.15, 0.2) is 53.9 Å². The maximum atomic E-state index is 4.63. The van der Waals surface area contributed by atoms with Crippen molar-refractivity contribution in [2.45, 2.75) is 13.8 Å². The molecular formula is C17H16N4. The van der Waals surface area contributed by atoms with Crippen LogP contribution in [0.25, 0.3) is 10.9 Å². The standard InChI is InChI=1S/C17H16N4/c1-12-5-3-7-15-13(2)9-16(20-17(12)15)21-19-11-14-6-4-8-18-10-14/h3-11H,1-2H3,(H,20,21). The number of pyridine rings is 2. The number of para-hydroxylation sites is 1. The van der Waals surface area contributed by atoms with Crippen LogP contribution in [0.3, 0.4) is 0 Å². The second-order valence-corrected chi connectivity index (χ2v) is 4.95. The Kier molecular flexibility index (Phi) is 3.60. The Morgan fingerprint density at radius 3 is 2.81 bits per heavy atom. The van der Waals surface area contributed by atoms with E-state index in [1.54, 1.807) is 18.6 Å². The molecule has 4 nitrogen and oxygen atoms in total. The van der Waals surface area contributed by atoms with Crippen LogP contribution in [-0.4, -0.2) is 16.2 Å². The Morgan fingerprint density at radius 1 is 1.10 bits per heavy atom. The Balaban J connectivity index is 1.88. The van der Waals surface area contributed by atoms with Crippen molar-refractivity contribution in [1.29, 1.82) is 0 Å². The number of nitrogens with zero attached hydrogens (tertiary/aromatic N) is 3. The number of benzene rings is 1. The van der Waals surface area contributed by atoms with E-state index in [1.807, 2.05) is 18.2 Å². The first-order valence-corrected chi connectivity index (χ1v) is 6.80. The Morgan fingerprint density at radius 2 is 2.00 bits per heavy atom. The summed E-state index contributed by atoms with van der Waals surface area (Å²) in [6, 6.07) is 12.0. The van der Waals surface area contributed by atoms with Crippen LogP contribution in [0.4, 0.5) is 5.82 Å². The number of rotatable bonds is 3. The molecule has 0 aliphatic carbocycles. The number of nitrogens with one attached hydrogen (secondary N) is 1. The smallest absolute Gasteiger partial charge is 0.147 e. The maximum absolute atomic E-state index is 4.63. The fourth-order valence-corrected chi connectivity index (χ4v) is 2.24. The molecule has 0 fully saturated rings. The first-order chi connectivity index (χ1) is 10.2. The zero-order chi connectivity index (χ0) is 14.7. The summed E-state index contributed by atoms with van der Waals surface area (Å²) in [5.74, 6) is 0.745. The van der Waals surface area contributed by atoms with Gasteiger partial charge in [0.1, 0.15) is 5.82 Å². The van der Waals surface area contributed by atoms with Gasteiger partial charge in [0, 0.05) is 23.3 Å². The third kappa shape index (κ3) is 2.89. The lowest BCUT2D eigenvalue weighted by Gasteiger charge is -2.07. The van der Waals surface area contributed by atoms with Gasteiger partial charge in [-0.15, -0.1) is 0 Å². The molecule has 3 rings (SSSR count). The minimum Gasteiger partial charge on any atom is -0.264 e. The SMILES string of the molecule is Cc1cc(NN=Cc2cccnc2)nc2c(C)cccc12. The lowest BCUT2D eigenvalue weighted by molar-refractivity contribution is 1.24. The second kappa shape index (κ2) is 5.71. The van der Waals surface area contributed by atoms with E-state index >= 15 is 0 Å². The summed E-state index contributed by atoms with van der Waals surface area (Å²) in [6.45, 7) is 4.15. The van der Waals surface area contributed by atoms with Crippen LogP contribution in [-0.2, 0) is 0 Å². The molecule has 0 amide bonds. The van der Waals surface area contributed by atoms with Crippen molar-refractivity contribution >= 4 is 22.9 Å². The summed E-state index contributed by atoms with van der Waals surface area (Å²) in [6.07, 6.45) is 5.22. The highest BCUT2D eigenvalue weighted by Gasteiger charge is 2.04. The molecule has 0 unspecified atom stereocenters. The van der Waals surface area contributed by atoms with Gasteiger partial charge in [0.2, 0.25) is 0 Å². The molecule has 4 heteroatoms. The highest BCUT2D eigenvalue weighted by Crippen LogP contribution is 2.22. The molecule has 2 aromatic heterocycles. The first kappa shape index (κ1) is 13.2. The molecule has 0 saturated heterocycles. The van der Waals surface area contributed by atoms with Crippen molar-refractivity contribution in [3.05, 3.63) is 65.5 Å². The molecule has 2 heterocycles. The lowest BCUT2D eigenvalue weighted by Crippen LogP contribution is -1.96. The Hall–Kier alpha value is -2.75. The van der Waals surface area contributed by atoms with Crippen LogP contribution in [0, 0.1) is 13.8 Å². The van der Waals surface area contributed by atoms with Gasteiger partial charge in [-0.1, -0.05) is 24.3 Å². The van der Waals surface area contributed by atoms with Gasteiger partial charge >= 0.3 is 0 Å². The third-order valence-corrected chi connectivity index (χ3v) is 3.33. The average molecular weight is 276 g/mol. The highest BCUT2D eigenvalue weighted by atomic mass is 15.3. The van der Waals surface area contributed by atoms with Crippen molar-refractivity contribution in [2.75, 3.05) is 5.43 Å². The summed E-state index contributed by atoms with van der Waals surface area (Å²) in [7, 11) is 0. The second-order valence-electron chi connectivity index (χ2n) is 4.95. The molecule has 1 N–H and O–H groups in total. The van der Waals surface area contributed by atoms with E-state index < -0.39 is 0 Å². The molecule has 3 aromatic rings. The van der Waals surface area contributed by atoms with Crippen molar-refractivity contribution in [1.82, 2.24) is 9.97 Å². The lowest BCUT2D eigenvalue weighted by atomic mass is 10.1. The molecule has 0 aliphatic heterocycles. The van der Waals surface area contributed by atoms with Crippen LogP contribution in [0.2, 0.25) is 0 Å². The molecule has 104 valence electrons. The molecule has 0 atom stereocenters. The van der Waals surface area contributed by atoms with Crippen molar-refractivity contribution in [3.8, 4) is 0 Å². The summed E-state index contributed by atoms with van der Waals surface area (Å²) >= 11 is 0. The molecule has 0 spiro atoms. The van der Waals surface area contributed by atoms with Gasteiger partial charge in [0.15, 0.2) is 0 Å². The van der Waals surface area contributed by atoms with Crippen molar-refractivity contribution < 1.29 is 0 Å². The number of hydrazone groups is 1. The number of hydrogen-bond donors (Lipinski definition) is 1. The fourth-order valence-electron chi connectivity index (χ4n) is 2.24. The summed E-state index contributed by atoms with van der Waals surface area (Å²) < 4.78 is 0. The normalized spacial score (nSPS) is 11.1. The topological polar surface area (TPSA) is 50.2 Å². The third-order valence-electron chi connectivity index (χ3n) is 3.33. The van der Waals surface area contributed by atoms with E-state index in [2.05, 4.69) is 52.5 Å². The quantitative estimate of drug-likeness (QED) is 0.586. The predicted octanol–water partition coefficient (Wildman–Crippen LogP) is 3.69. The van der Waals surface area contributed by atoms with E-state index in [-0.39, 0.29) is 0 Å². The van der Waals surface area contributed by atoms with E-state index in [0.717, 1.165) is 22.5 Å². The minimum absolute atomic E-state index is 0.745. The van der Waals surface area contributed by atoms with Crippen molar-refractivity contribution in [3.63, 3.8) is 0 Å². The summed E-state index contributed by atoms with van der Waals surface area (Å²) in [5, 5.41) is 5.39. The molecule has 0 saturated carbocycles. The zero-order valence-electron chi connectivity index (χ0n) is 12.0. The van der Waals surface area contributed by atoms with Crippen LogP contribution < -0.4 is 5.43 Å².